The summed E-state index contributed by atoms with van der Waals surface area (Å²) in [6.07, 6.45) is 1.59. The second kappa shape index (κ2) is 3.96. The van der Waals surface area contributed by atoms with Gasteiger partial charge >= 0.3 is 0 Å². The van der Waals surface area contributed by atoms with Gasteiger partial charge in [0.2, 0.25) is 11.8 Å². The summed E-state index contributed by atoms with van der Waals surface area (Å²) in [5.74, 6) is -1.01. The molecule has 2 amide bonds. The van der Waals surface area contributed by atoms with Crippen molar-refractivity contribution in [2.24, 2.45) is 10.9 Å². The molecular weight excluding hydrogens is 160 g/mol. The van der Waals surface area contributed by atoms with Crippen molar-refractivity contribution >= 4 is 18.0 Å². The van der Waals surface area contributed by atoms with Crippen molar-refractivity contribution in [1.82, 2.24) is 5.32 Å². The Balaban J connectivity index is 2.42. The molecular formula is C7H10N2O3. The number of nitrogens with zero attached hydrogens (tertiary/aromatic N) is 1. The van der Waals surface area contributed by atoms with E-state index in [4.69, 9.17) is 5.11 Å². The van der Waals surface area contributed by atoms with Crippen LogP contribution in [0, 0.1) is 5.92 Å². The number of aliphatic hydroxyl groups excluding tert-OH is 1. The third-order valence-corrected chi connectivity index (χ3v) is 1.52. The van der Waals surface area contributed by atoms with E-state index in [0.717, 1.165) is 0 Å². The van der Waals surface area contributed by atoms with E-state index in [2.05, 4.69) is 10.3 Å². The van der Waals surface area contributed by atoms with Crippen LogP contribution in [0.1, 0.15) is 6.42 Å². The van der Waals surface area contributed by atoms with Crippen LogP contribution in [-0.2, 0) is 9.59 Å². The molecule has 0 saturated carbocycles. The largest absolute Gasteiger partial charge is 0.394 e. The molecule has 1 aliphatic heterocycles. The van der Waals surface area contributed by atoms with Crippen LogP contribution >= 0.6 is 0 Å². The Morgan fingerprint density at radius 2 is 2.42 bits per heavy atom. The van der Waals surface area contributed by atoms with Gasteiger partial charge in [-0.25, -0.2) is 0 Å². The van der Waals surface area contributed by atoms with Crippen molar-refractivity contribution in [2.75, 3.05) is 13.2 Å². The molecule has 0 radical (unpaired) electrons. The van der Waals surface area contributed by atoms with Gasteiger partial charge in [-0.15, -0.1) is 0 Å². The molecule has 0 aromatic heterocycles. The monoisotopic (exact) mass is 170 g/mol. The number of rotatable bonds is 3. The Morgan fingerprint density at radius 1 is 1.67 bits per heavy atom. The van der Waals surface area contributed by atoms with Crippen molar-refractivity contribution in [3.8, 4) is 0 Å². The average molecular weight is 170 g/mol. The van der Waals surface area contributed by atoms with Crippen LogP contribution in [0.25, 0.3) is 0 Å². The van der Waals surface area contributed by atoms with Crippen LogP contribution in [-0.4, -0.2) is 36.3 Å². The maximum absolute atomic E-state index is 10.9. The van der Waals surface area contributed by atoms with Gasteiger partial charge in [0.15, 0.2) is 0 Å². The van der Waals surface area contributed by atoms with Crippen LogP contribution in [0.4, 0.5) is 0 Å². The molecule has 0 spiro atoms. The number of nitrogens with one attached hydrogen (secondary N) is 1. The summed E-state index contributed by atoms with van der Waals surface area (Å²) in [4.78, 5) is 25.3. The number of carbonyl (C=O) groups is 2. The fraction of sp³-hybridized carbons (Fsp3) is 0.571. The highest BCUT2D eigenvalue weighted by atomic mass is 16.3. The first-order valence-corrected chi connectivity index (χ1v) is 3.68. The SMILES string of the molecule is O=C1C[C@H](C=NCCO)C(=O)N1. The van der Waals surface area contributed by atoms with Gasteiger partial charge < -0.3 is 5.11 Å². The van der Waals surface area contributed by atoms with Gasteiger partial charge in [0.05, 0.1) is 19.1 Å². The first-order valence-electron chi connectivity index (χ1n) is 3.68. The first-order chi connectivity index (χ1) is 5.74. The minimum absolute atomic E-state index is 0.0429. The highest BCUT2D eigenvalue weighted by molar-refractivity contribution is 6.10. The van der Waals surface area contributed by atoms with E-state index >= 15 is 0 Å². The predicted octanol–water partition coefficient (Wildman–Crippen LogP) is -1.29. The van der Waals surface area contributed by atoms with Crippen LogP contribution in [0.2, 0.25) is 0 Å². The summed E-state index contributed by atoms with van der Waals surface area (Å²) in [6, 6.07) is 0. The third-order valence-electron chi connectivity index (χ3n) is 1.52. The Bertz CT molecular complexity index is 225. The van der Waals surface area contributed by atoms with Crippen molar-refractivity contribution in [1.29, 1.82) is 0 Å². The summed E-state index contributed by atoms with van der Waals surface area (Å²) < 4.78 is 0. The summed E-state index contributed by atoms with van der Waals surface area (Å²) in [7, 11) is 0. The lowest BCUT2D eigenvalue weighted by atomic mass is 10.1. The molecule has 2 N–H and O–H groups in total. The molecule has 0 aromatic carbocycles. The van der Waals surface area contributed by atoms with Gasteiger partial charge in [0.25, 0.3) is 0 Å². The van der Waals surface area contributed by atoms with E-state index in [1.54, 1.807) is 0 Å². The van der Waals surface area contributed by atoms with E-state index in [1.165, 1.54) is 6.21 Å². The number of aliphatic imine (C=N–C) groups is 1. The summed E-state index contributed by atoms with van der Waals surface area (Å²) >= 11 is 0. The molecule has 1 fully saturated rings. The van der Waals surface area contributed by atoms with Gasteiger partial charge in [0, 0.05) is 12.6 Å². The van der Waals surface area contributed by atoms with E-state index in [9.17, 15) is 9.59 Å². The number of amides is 2. The molecule has 12 heavy (non-hydrogen) atoms. The second-order valence-corrected chi connectivity index (χ2v) is 2.50. The van der Waals surface area contributed by atoms with Gasteiger partial charge in [-0.05, 0) is 0 Å². The quantitative estimate of drug-likeness (QED) is 0.408. The molecule has 1 atom stereocenters. The van der Waals surface area contributed by atoms with Gasteiger partial charge in [-0.2, -0.15) is 0 Å². The van der Waals surface area contributed by atoms with Crippen molar-refractivity contribution < 1.29 is 14.7 Å². The van der Waals surface area contributed by atoms with E-state index in [1.807, 2.05) is 0 Å². The summed E-state index contributed by atoms with van der Waals surface area (Å²) in [5.41, 5.74) is 0. The molecule has 1 aliphatic rings. The fourth-order valence-electron chi connectivity index (χ4n) is 0.953. The smallest absolute Gasteiger partial charge is 0.235 e. The van der Waals surface area contributed by atoms with Crippen molar-refractivity contribution in [2.45, 2.75) is 6.42 Å². The maximum atomic E-state index is 10.9. The van der Waals surface area contributed by atoms with Gasteiger partial charge in [-0.3, -0.25) is 19.9 Å². The third kappa shape index (κ3) is 2.13. The molecule has 0 aromatic rings. The molecule has 66 valence electrons. The lowest BCUT2D eigenvalue weighted by Crippen LogP contribution is -2.22. The zero-order valence-corrected chi connectivity index (χ0v) is 6.49. The summed E-state index contributed by atoms with van der Waals surface area (Å²) in [5, 5.41) is 10.5. The lowest BCUT2D eigenvalue weighted by Gasteiger charge is -1.94. The molecule has 0 unspecified atom stereocenters. The van der Waals surface area contributed by atoms with Crippen molar-refractivity contribution in [3.05, 3.63) is 0 Å². The molecule has 0 bridgehead atoms. The Labute approximate surface area is 69.5 Å². The normalized spacial score (nSPS) is 23.6. The Kier molecular flexibility index (Phi) is 2.93. The highest BCUT2D eigenvalue weighted by Gasteiger charge is 2.28. The van der Waals surface area contributed by atoms with E-state index in [0.29, 0.717) is 0 Å². The highest BCUT2D eigenvalue weighted by Crippen LogP contribution is 2.07. The Morgan fingerprint density at radius 3 is 2.92 bits per heavy atom. The lowest BCUT2D eigenvalue weighted by molar-refractivity contribution is -0.125. The van der Waals surface area contributed by atoms with Crippen LogP contribution in [0.5, 0.6) is 0 Å². The maximum Gasteiger partial charge on any atom is 0.235 e. The van der Waals surface area contributed by atoms with E-state index < -0.39 is 5.92 Å². The molecule has 5 nitrogen and oxygen atoms in total. The number of carbonyl (C=O) groups excluding carboxylic acids is 2. The van der Waals surface area contributed by atoms with Crippen LogP contribution in [0.3, 0.4) is 0 Å². The first kappa shape index (κ1) is 8.86. The predicted molar refractivity (Wildman–Crippen MR) is 41.7 cm³/mol. The average Bonchev–Trinajstić information content (AvgIpc) is 2.31. The van der Waals surface area contributed by atoms with Crippen LogP contribution < -0.4 is 5.32 Å². The molecule has 5 heteroatoms. The van der Waals surface area contributed by atoms with Gasteiger partial charge in [-0.1, -0.05) is 0 Å². The minimum Gasteiger partial charge on any atom is -0.394 e. The standard InChI is InChI=1S/C7H10N2O3/c10-2-1-8-4-5-3-6(11)9-7(5)12/h4-5,10H,1-3H2,(H,9,11,12)/t5-/m1/s1. The molecule has 0 aliphatic carbocycles. The van der Waals surface area contributed by atoms with Crippen molar-refractivity contribution in [3.63, 3.8) is 0 Å². The number of hydrogen-bond donors (Lipinski definition) is 2. The van der Waals surface area contributed by atoms with Gasteiger partial charge in [0.1, 0.15) is 0 Å². The second-order valence-electron chi connectivity index (χ2n) is 2.50. The number of aliphatic hydroxyl groups is 1. The topological polar surface area (TPSA) is 78.8 Å². The number of imide groups is 1. The zero-order chi connectivity index (χ0) is 8.97. The molecule has 1 heterocycles. The number of hydrogen-bond acceptors (Lipinski definition) is 4. The Hall–Kier alpha value is -1.23. The zero-order valence-electron chi connectivity index (χ0n) is 6.49. The minimum atomic E-state index is -0.441. The van der Waals surface area contributed by atoms with E-state index in [-0.39, 0.29) is 31.4 Å². The summed E-state index contributed by atoms with van der Waals surface area (Å²) in [6.45, 7) is 0.233. The molecule has 1 rings (SSSR count). The molecule has 1 saturated heterocycles. The fourth-order valence-corrected chi connectivity index (χ4v) is 0.953. The van der Waals surface area contributed by atoms with Crippen LogP contribution in [0.15, 0.2) is 4.99 Å².